The summed E-state index contributed by atoms with van der Waals surface area (Å²) in [7, 11) is 0. The van der Waals surface area contributed by atoms with E-state index in [4.69, 9.17) is 10.7 Å². The minimum Gasteiger partial charge on any atom is -0.397 e. The number of hydrogen-bond acceptors (Lipinski definition) is 5. The first kappa shape index (κ1) is 12.9. The van der Waals surface area contributed by atoms with Crippen LogP contribution in [0.15, 0.2) is 61.2 Å². The second kappa shape index (κ2) is 5.20. The van der Waals surface area contributed by atoms with Crippen molar-refractivity contribution in [3.63, 3.8) is 0 Å². The van der Waals surface area contributed by atoms with Crippen LogP contribution in [0.1, 0.15) is 0 Å². The van der Waals surface area contributed by atoms with E-state index in [1.807, 2.05) is 42.6 Å². The van der Waals surface area contributed by atoms with E-state index in [-0.39, 0.29) is 0 Å². The maximum Gasteiger partial charge on any atom is 0.126 e. The molecule has 0 fully saturated rings. The van der Waals surface area contributed by atoms with E-state index in [1.54, 1.807) is 29.9 Å². The van der Waals surface area contributed by atoms with Crippen molar-refractivity contribution in [2.45, 2.75) is 0 Å². The Morgan fingerprint density at radius 3 is 2.50 bits per heavy atom. The fraction of sp³-hybridized carbons (Fsp3) is 0. The average molecular weight is 304 g/mol. The van der Waals surface area contributed by atoms with E-state index in [2.05, 4.69) is 9.97 Å². The molecule has 0 bridgehead atoms. The topological polar surface area (TPSA) is 64.7 Å². The summed E-state index contributed by atoms with van der Waals surface area (Å²) in [4.78, 5) is 14.9. The predicted octanol–water partition coefficient (Wildman–Crippen LogP) is 4.00. The fourth-order valence-corrected chi connectivity index (χ4v) is 3.49. The lowest BCUT2D eigenvalue weighted by Gasteiger charge is -2.00. The highest BCUT2D eigenvalue weighted by molar-refractivity contribution is 7.22. The second-order valence-corrected chi connectivity index (χ2v) is 5.87. The molecule has 0 amide bonds. The molecule has 0 aliphatic heterocycles. The molecule has 0 aromatic carbocycles. The molecular formula is C17H12N4S. The minimum atomic E-state index is 0.774. The average Bonchev–Trinajstić information content (AvgIpc) is 2.93. The van der Waals surface area contributed by atoms with Crippen LogP contribution in [0.4, 0.5) is 5.69 Å². The third-order valence-corrected chi connectivity index (χ3v) is 4.66. The Hall–Kier alpha value is -2.79. The monoisotopic (exact) mass is 304 g/mol. The number of aromatic nitrogens is 3. The van der Waals surface area contributed by atoms with Crippen molar-refractivity contribution in [3.05, 3.63) is 61.2 Å². The Balaban J connectivity index is 1.88. The molecule has 5 heteroatoms. The number of nitrogens with two attached hydrogens (primary N) is 1. The zero-order valence-corrected chi connectivity index (χ0v) is 12.4. The van der Waals surface area contributed by atoms with Crippen molar-refractivity contribution in [2.75, 3.05) is 5.73 Å². The third-order valence-electron chi connectivity index (χ3n) is 3.49. The third kappa shape index (κ3) is 2.12. The van der Waals surface area contributed by atoms with E-state index in [0.717, 1.165) is 37.6 Å². The van der Waals surface area contributed by atoms with Gasteiger partial charge in [-0.1, -0.05) is 0 Å². The Morgan fingerprint density at radius 1 is 0.864 bits per heavy atom. The van der Waals surface area contributed by atoms with Crippen molar-refractivity contribution in [1.29, 1.82) is 0 Å². The lowest BCUT2D eigenvalue weighted by Crippen LogP contribution is -1.87. The molecular weight excluding hydrogens is 292 g/mol. The highest BCUT2D eigenvalue weighted by Crippen LogP contribution is 2.40. The van der Waals surface area contributed by atoms with Gasteiger partial charge in [0.1, 0.15) is 4.83 Å². The van der Waals surface area contributed by atoms with Gasteiger partial charge in [0.15, 0.2) is 0 Å². The molecule has 4 aromatic heterocycles. The molecule has 0 unspecified atom stereocenters. The molecule has 0 aliphatic rings. The van der Waals surface area contributed by atoms with Crippen molar-refractivity contribution in [1.82, 2.24) is 15.0 Å². The molecule has 0 aliphatic carbocycles. The highest BCUT2D eigenvalue weighted by Gasteiger charge is 2.13. The summed E-state index contributed by atoms with van der Waals surface area (Å²) < 4.78 is 0. The molecule has 2 N–H and O–H groups in total. The largest absolute Gasteiger partial charge is 0.397 e. The molecule has 4 aromatic rings. The maximum absolute atomic E-state index is 6.30. The number of anilines is 1. The first-order valence-electron chi connectivity index (χ1n) is 6.83. The fourth-order valence-electron chi connectivity index (χ4n) is 2.39. The molecule has 0 radical (unpaired) electrons. The standard InChI is InChI=1S/C17H12N4S/c18-15-13-3-4-14(12-2-1-7-20-10-12)21-17(13)22-16(15)11-5-8-19-9-6-11/h1-10H,18H2. The molecule has 4 heterocycles. The lowest BCUT2D eigenvalue weighted by molar-refractivity contribution is 1.31. The number of thiophene rings is 1. The van der Waals surface area contributed by atoms with Crippen LogP contribution in [0.2, 0.25) is 0 Å². The van der Waals surface area contributed by atoms with Crippen molar-refractivity contribution in [2.24, 2.45) is 0 Å². The van der Waals surface area contributed by atoms with E-state index in [9.17, 15) is 0 Å². The van der Waals surface area contributed by atoms with Gasteiger partial charge in [0.05, 0.1) is 16.3 Å². The summed E-state index contributed by atoms with van der Waals surface area (Å²) in [5, 5.41) is 0.990. The van der Waals surface area contributed by atoms with Gasteiger partial charge in [-0.25, -0.2) is 4.98 Å². The van der Waals surface area contributed by atoms with Crippen LogP contribution < -0.4 is 5.73 Å². The first-order valence-corrected chi connectivity index (χ1v) is 7.64. The van der Waals surface area contributed by atoms with Crippen LogP contribution in [-0.4, -0.2) is 15.0 Å². The summed E-state index contributed by atoms with van der Waals surface area (Å²) in [6, 6.07) is 11.8. The molecule has 0 spiro atoms. The van der Waals surface area contributed by atoms with E-state index in [1.165, 1.54) is 0 Å². The van der Waals surface area contributed by atoms with Crippen LogP contribution in [-0.2, 0) is 0 Å². The van der Waals surface area contributed by atoms with Gasteiger partial charge in [-0.15, -0.1) is 11.3 Å². The van der Waals surface area contributed by atoms with E-state index >= 15 is 0 Å². The number of pyridine rings is 3. The number of rotatable bonds is 2. The summed E-state index contributed by atoms with van der Waals surface area (Å²) in [6.07, 6.45) is 7.11. The second-order valence-electron chi connectivity index (χ2n) is 4.87. The van der Waals surface area contributed by atoms with Gasteiger partial charge < -0.3 is 5.73 Å². The maximum atomic E-state index is 6.30. The highest BCUT2D eigenvalue weighted by atomic mass is 32.1. The molecule has 22 heavy (non-hydrogen) atoms. The van der Waals surface area contributed by atoms with Gasteiger partial charge >= 0.3 is 0 Å². The number of nitrogen functional groups attached to an aromatic ring is 1. The summed E-state index contributed by atoms with van der Waals surface area (Å²) in [5.74, 6) is 0. The van der Waals surface area contributed by atoms with Crippen LogP contribution in [0.3, 0.4) is 0 Å². The van der Waals surface area contributed by atoms with Gasteiger partial charge in [-0.05, 0) is 42.0 Å². The Bertz CT molecular complexity index is 933. The quantitative estimate of drug-likeness (QED) is 0.608. The van der Waals surface area contributed by atoms with Crippen LogP contribution in [0, 0.1) is 0 Å². The molecule has 0 saturated heterocycles. The zero-order valence-electron chi connectivity index (χ0n) is 11.6. The number of fused-ring (bicyclic) bond motifs is 1. The Morgan fingerprint density at radius 2 is 1.73 bits per heavy atom. The predicted molar refractivity (Wildman–Crippen MR) is 90.5 cm³/mol. The van der Waals surface area contributed by atoms with Gasteiger partial charge in [-0.3, -0.25) is 9.97 Å². The Labute approximate surface area is 131 Å². The van der Waals surface area contributed by atoms with Crippen LogP contribution >= 0.6 is 11.3 Å². The molecule has 0 atom stereocenters. The zero-order chi connectivity index (χ0) is 14.9. The summed E-state index contributed by atoms with van der Waals surface area (Å²) in [6.45, 7) is 0. The summed E-state index contributed by atoms with van der Waals surface area (Å²) >= 11 is 1.60. The van der Waals surface area contributed by atoms with Crippen LogP contribution in [0.5, 0.6) is 0 Å². The van der Waals surface area contributed by atoms with E-state index < -0.39 is 0 Å². The molecule has 4 rings (SSSR count). The normalized spacial score (nSPS) is 10.9. The van der Waals surface area contributed by atoms with Crippen LogP contribution in [0.25, 0.3) is 31.9 Å². The van der Waals surface area contributed by atoms with Crippen molar-refractivity contribution < 1.29 is 0 Å². The van der Waals surface area contributed by atoms with E-state index in [0.29, 0.717) is 0 Å². The smallest absolute Gasteiger partial charge is 0.126 e. The van der Waals surface area contributed by atoms with Gasteiger partial charge in [0, 0.05) is 35.7 Å². The number of hydrogen-bond donors (Lipinski definition) is 1. The molecule has 0 saturated carbocycles. The van der Waals surface area contributed by atoms with Gasteiger partial charge in [-0.2, -0.15) is 0 Å². The SMILES string of the molecule is Nc1c(-c2ccncc2)sc2nc(-c3cccnc3)ccc12. The molecule has 106 valence electrons. The first-order chi connectivity index (χ1) is 10.8. The van der Waals surface area contributed by atoms with Gasteiger partial charge in [0.25, 0.3) is 0 Å². The van der Waals surface area contributed by atoms with Crippen molar-refractivity contribution >= 4 is 27.2 Å². The van der Waals surface area contributed by atoms with Gasteiger partial charge in [0.2, 0.25) is 0 Å². The Kier molecular flexibility index (Phi) is 3.05. The lowest BCUT2D eigenvalue weighted by atomic mass is 10.1. The summed E-state index contributed by atoms with van der Waals surface area (Å²) in [5.41, 5.74) is 10.0. The molecule has 4 nitrogen and oxygen atoms in total. The number of nitrogens with zero attached hydrogens (tertiary/aromatic N) is 3. The van der Waals surface area contributed by atoms with Crippen molar-refractivity contribution in [3.8, 4) is 21.7 Å². The minimum absolute atomic E-state index is 0.774.